The fourth-order valence-corrected chi connectivity index (χ4v) is 1.99. The van der Waals surface area contributed by atoms with Crippen molar-refractivity contribution in [2.75, 3.05) is 6.54 Å². The molecule has 0 aliphatic carbocycles. The normalized spacial score (nSPS) is 13.2. The molecule has 0 radical (unpaired) electrons. The lowest BCUT2D eigenvalue weighted by Gasteiger charge is -2.18. The van der Waals surface area contributed by atoms with Gasteiger partial charge in [-0.2, -0.15) is 0 Å². The lowest BCUT2D eigenvalue weighted by atomic mass is 9.89. The second-order valence-electron chi connectivity index (χ2n) is 4.19. The van der Waals surface area contributed by atoms with Crippen LogP contribution in [0.2, 0.25) is 0 Å². The number of rotatable bonds is 4. The summed E-state index contributed by atoms with van der Waals surface area (Å²) in [6, 6.07) is 5.15. The van der Waals surface area contributed by atoms with Crippen molar-refractivity contribution in [1.82, 2.24) is 0 Å². The zero-order valence-corrected chi connectivity index (χ0v) is 10.7. The summed E-state index contributed by atoms with van der Waals surface area (Å²) in [6.45, 7) is 5.00. The number of nitrogens with two attached hydrogens (primary N) is 1. The van der Waals surface area contributed by atoms with Gasteiger partial charge in [0.2, 0.25) is 0 Å². The molecule has 1 rings (SSSR count). The van der Waals surface area contributed by atoms with Gasteiger partial charge in [0.1, 0.15) is 5.82 Å². The minimum absolute atomic E-state index is 0.215. The van der Waals surface area contributed by atoms with Crippen LogP contribution in [0, 0.1) is 17.7 Å². The van der Waals surface area contributed by atoms with Crippen LogP contribution in [0.15, 0.2) is 22.7 Å². The highest BCUT2D eigenvalue weighted by Crippen LogP contribution is 2.21. The number of benzene rings is 1. The minimum atomic E-state index is -0.215. The van der Waals surface area contributed by atoms with Gasteiger partial charge in [0.25, 0.3) is 0 Å². The van der Waals surface area contributed by atoms with Gasteiger partial charge < -0.3 is 5.73 Å². The Morgan fingerprint density at radius 1 is 1.40 bits per heavy atom. The van der Waals surface area contributed by atoms with Crippen LogP contribution in [0.4, 0.5) is 4.39 Å². The molecule has 0 bridgehead atoms. The first-order valence-corrected chi connectivity index (χ1v) is 5.98. The second-order valence-corrected chi connectivity index (χ2v) is 5.05. The Kier molecular flexibility index (Phi) is 4.74. The van der Waals surface area contributed by atoms with Gasteiger partial charge >= 0.3 is 0 Å². The molecule has 0 saturated carbocycles. The third-order valence-corrected chi connectivity index (χ3v) is 3.34. The van der Waals surface area contributed by atoms with Gasteiger partial charge in [-0.05, 0) is 58.4 Å². The molecule has 3 heteroatoms. The molecule has 0 aromatic heterocycles. The summed E-state index contributed by atoms with van der Waals surface area (Å²) in [5.41, 5.74) is 6.84. The summed E-state index contributed by atoms with van der Waals surface area (Å²) in [4.78, 5) is 0. The van der Waals surface area contributed by atoms with Gasteiger partial charge in [0.05, 0.1) is 4.47 Å². The summed E-state index contributed by atoms with van der Waals surface area (Å²) < 4.78 is 13.5. The molecule has 0 amide bonds. The molecule has 1 nitrogen and oxygen atoms in total. The summed E-state index contributed by atoms with van der Waals surface area (Å²) in [5.74, 6) is 0.800. The molecule has 1 atom stereocenters. The Bertz CT molecular complexity index is 325. The molecule has 1 aromatic carbocycles. The number of hydrogen-bond acceptors (Lipinski definition) is 1. The monoisotopic (exact) mass is 273 g/mol. The maximum atomic E-state index is 13.0. The van der Waals surface area contributed by atoms with Gasteiger partial charge in [-0.3, -0.25) is 0 Å². The molecule has 84 valence electrons. The lowest BCUT2D eigenvalue weighted by molar-refractivity contribution is 0.391. The zero-order chi connectivity index (χ0) is 11.4. The summed E-state index contributed by atoms with van der Waals surface area (Å²) in [6.07, 6.45) is 0.910. The Morgan fingerprint density at radius 2 is 2.07 bits per heavy atom. The van der Waals surface area contributed by atoms with E-state index in [1.54, 1.807) is 0 Å². The quantitative estimate of drug-likeness (QED) is 0.895. The van der Waals surface area contributed by atoms with E-state index >= 15 is 0 Å². The van der Waals surface area contributed by atoms with Crippen LogP contribution >= 0.6 is 15.9 Å². The van der Waals surface area contributed by atoms with Crippen LogP contribution in [0.5, 0.6) is 0 Å². The highest BCUT2D eigenvalue weighted by atomic mass is 79.9. The fourth-order valence-electron chi connectivity index (χ4n) is 1.56. The molecule has 1 unspecified atom stereocenters. The van der Waals surface area contributed by atoms with Crippen molar-refractivity contribution < 1.29 is 4.39 Å². The van der Waals surface area contributed by atoms with Crippen LogP contribution in [0.1, 0.15) is 19.4 Å². The topological polar surface area (TPSA) is 26.0 Å². The molecule has 0 heterocycles. The van der Waals surface area contributed by atoms with Crippen LogP contribution in [-0.4, -0.2) is 6.54 Å². The van der Waals surface area contributed by atoms with E-state index in [4.69, 9.17) is 5.73 Å². The van der Waals surface area contributed by atoms with E-state index in [0.29, 0.717) is 22.9 Å². The Morgan fingerprint density at radius 3 is 2.53 bits per heavy atom. The number of hydrogen-bond donors (Lipinski definition) is 1. The second kappa shape index (κ2) is 5.61. The fraction of sp³-hybridized carbons (Fsp3) is 0.500. The van der Waals surface area contributed by atoms with Gasteiger partial charge in [-0.15, -0.1) is 0 Å². The average molecular weight is 274 g/mol. The van der Waals surface area contributed by atoms with Crippen LogP contribution in [0.25, 0.3) is 0 Å². The zero-order valence-electron chi connectivity index (χ0n) is 9.13. The molecule has 0 aliphatic rings. The van der Waals surface area contributed by atoms with E-state index < -0.39 is 0 Å². The average Bonchev–Trinajstić information content (AvgIpc) is 2.19. The molecule has 0 spiro atoms. The molecule has 2 N–H and O–H groups in total. The van der Waals surface area contributed by atoms with Gasteiger partial charge in [-0.1, -0.05) is 19.9 Å². The Balaban J connectivity index is 2.75. The van der Waals surface area contributed by atoms with Crippen molar-refractivity contribution in [3.63, 3.8) is 0 Å². The molecule has 1 aromatic rings. The van der Waals surface area contributed by atoms with Gasteiger partial charge in [0.15, 0.2) is 0 Å². The summed E-state index contributed by atoms with van der Waals surface area (Å²) >= 11 is 3.19. The predicted octanol–water partition coefficient (Wildman–Crippen LogP) is 3.36. The van der Waals surface area contributed by atoms with Crippen molar-refractivity contribution in [3.05, 3.63) is 34.1 Å². The molecule has 0 aliphatic heterocycles. The van der Waals surface area contributed by atoms with Crippen LogP contribution < -0.4 is 5.73 Å². The first-order valence-electron chi connectivity index (χ1n) is 5.18. The molecular formula is C12H17BrFN. The molecular weight excluding hydrogens is 257 g/mol. The maximum Gasteiger partial charge on any atom is 0.137 e. The van der Waals surface area contributed by atoms with E-state index in [1.165, 1.54) is 6.07 Å². The highest BCUT2D eigenvalue weighted by Gasteiger charge is 2.12. The summed E-state index contributed by atoms with van der Waals surface area (Å²) in [5, 5.41) is 0. The van der Waals surface area contributed by atoms with Crippen molar-refractivity contribution >= 4 is 15.9 Å². The molecule has 15 heavy (non-hydrogen) atoms. The highest BCUT2D eigenvalue weighted by molar-refractivity contribution is 9.10. The van der Waals surface area contributed by atoms with Crippen molar-refractivity contribution in [1.29, 1.82) is 0 Å². The van der Waals surface area contributed by atoms with Crippen LogP contribution in [0.3, 0.4) is 0 Å². The van der Waals surface area contributed by atoms with Gasteiger partial charge in [-0.25, -0.2) is 4.39 Å². The van der Waals surface area contributed by atoms with Crippen molar-refractivity contribution in [3.8, 4) is 0 Å². The van der Waals surface area contributed by atoms with Gasteiger partial charge in [0, 0.05) is 0 Å². The summed E-state index contributed by atoms with van der Waals surface area (Å²) in [7, 11) is 0. The lowest BCUT2D eigenvalue weighted by Crippen LogP contribution is -2.22. The van der Waals surface area contributed by atoms with E-state index in [9.17, 15) is 4.39 Å². The maximum absolute atomic E-state index is 13.0. The van der Waals surface area contributed by atoms with Crippen molar-refractivity contribution in [2.24, 2.45) is 17.6 Å². The van der Waals surface area contributed by atoms with Crippen molar-refractivity contribution in [2.45, 2.75) is 20.3 Å². The largest absolute Gasteiger partial charge is 0.330 e. The van der Waals surface area contributed by atoms with E-state index in [-0.39, 0.29) is 5.82 Å². The first-order chi connectivity index (χ1) is 7.04. The predicted molar refractivity (Wildman–Crippen MR) is 65.2 cm³/mol. The van der Waals surface area contributed by atoms with E-state index in [0.717, 1.165) is 12.0 Å². The number of halogens is 2. The Labute approximate surface area is 99.0 Å². The van der Waals surface area contributed by atoms with Crippen LogP contribution in [-0.2, 0) is 6.42 Å². The Hall–Kier alpha value is -0.410. The van der Waals surface area contributed by atoms with E-state index in [2.05, 4.69) is 29.8 Å². The standard InChI is InChI=1S/C12H17BrFN/c1-8(2)10(7-15)5-9-3-4-12(14)11(13)6-9/h3-4,6,8,10H,5,7,15H2,1-2H3. The third-order valence-electron chi connectivity index (χ3n) is 2.73. The minimum Gasteiger partial charge on any atom is -0.330 e. The first kappa shape index (κ1) is 12.7. The smallest absolute Gasteiger partial charge is 0.137 e. The van der Waals surface area contributed by atoms with E-state index in [1.807, 2.05) is 12.1 Å². The molecule has 0 saturated heterocycles. The SMILES string of the molecule is CC(C)C(CN)Cc1ccc(F)c(Br)c1. The third kappa shape index (κ3) is 3.58. The molecule has 0 fully saturated rings.